The number of thiophene rings is 1. The Morgan fingerprint density at radius 3 is 2.45 bits per heavy atom. The van der Waals surface area contributed by atoms with E-state index in [1.165, 1.54) is 6.26 Å². The number of piperazine rings is 1. The highest BCUT2D eigenvalue weighted by atomic mass is 32.2. The molecule has 2 N–H and O–H groups in total. The molecular formula is C35H41N7O5S4. The molecule has 4 heterocycles. The van der Waals surface area contributed by atoms with Crippen LogP contribution in [0.3, 0.4) is 0 Å². The number of nitrogens with zero attached hydrogens (tertiary/aromatic N) is 5. The molecule has 3 aromatic heterocycles. The maximum absolute atomic E-state index is 12.9. The van der Waals surface area contributed by atoms with Crippen LogP contribution in [0.5, 0.6) is 5.75 Å². The van der Waals surface area contributed by atoms with Crippen molar-refractivity contribution in [3.63, 3.8) is 0 Å². The fraction of sp³-hybridized carbons (Fsp3) is 0.343. The topological polar surface area (TPSA) is 147 Å². The van der Waals surface area contributed by atoms with Gasteiger partial charge < -0.3 is 15.0 Å². The predicted octanol–water partition coefficient (Wildman–Crippen LogP) is 6.48. The number of ether oxygens (including phenoxy) is 1. The molecule has 1 aliphatic heterocycles. The third kappa shape index (κ3) is 8.87. The van der Waals surface area contributed by atoms with Gasteiger partial charge in [0.25, 0.3) is 10.0 Å². The number of aryl methyl sites for hydroxylation is 1. The molecule has 1 fully saturated rings. The Balaban J connectivity index is 1.24. The van der Waals surface area contributed by atoms with Crippen LogP contribution in [-0.2, 0) is 19.9 Å². The number of thiazole rings is 1. The summed E-state index contributed by atoms with van der Waals surface area (Å²) in [5.41, 5.74) is 5.43. The summed E-state index contributed by atoms with van der Waals surface area (Å²) in [6, 6.07) is 16.4. The molecule has 5 aromatic rings. The normalized spacial score (nSPS) is 14.2. The molecule has 2 aromatic carbocycles. The molecule has 1 aliphatic rings. The van der Waals surface area contributed by atoms with E-state index in [9.17, 15) is 16.8 Å². The van der Waals surface area contributed by atoms with Crippen LogP contribution in [0.4, 0.5) is 23.0 Å². The van der Waals surface area contributed by atoms with Crippen molar-refractivity contribution in [3.05, 3.63) is 76.7 Å². The van der Waals surface area contributed by atoms with Gasteiger partial charge in [-0.05, 0) is 48.2 Å². The number of nitrogens with one attached hydrogen (secondary N) is 2. The first kappa shape index (κ1) is 36.7. The van der Waals surface area contributed by atoms with E-state index in [1.807, 2.05) is 30.3 Å². The van der Waals surface area contributed by atoms with Crippen LogP contribution >= 0.6 is 22.7 Å². The fourth-order valence-corrected chi connectivity index (χ4v) is 9.45. The zero-order valence-electron chi connectivity index (χ0n) is 29.1. The van der Waals surface area contributed by atoms with E-state index in [0.29, 0.717) is 35.3 Å². The van der Waals surface area contributed by atoms with Gasteiger partial charge in [-0.25, -0.2) is 31.8 Å². The zero-order valence-corrected chi connectivity index (χ0v) is 32.3. The van der Waals surface area contributed by atoms with E-state index < -0.39 is 19.9 Å². The van der Waals surface area contributed by atoms with Crippen LogP contribution in [0.1, 0.15) is 30.3 Å². The van der Waals surface area contributed by atoms with E-state index in [4.69, 9.17) is 14.7 Å². The standard InChI is InChI=1S/C35H41N7O5S4/c1-23(2)34-39-32(25-8-6-9-26(21-25)40-51(45,46)31-10-7-18-48-31)33(49-34)27-11-12-36-35(37-27)38-28-20-24(3)29(22-30(28)47-4)42-15-13-41(14-16-42)17-19-50(5,43)44/h6-12,18,20-23,40H,13-17,19H2,1-5H3,(H,36,37,38). The van der Waals surface area contributed by atoms with Crippen LogP contribution in [-0.4, -0.2) is 88.5 Å². The van der Waals surface area contributed by atoms with E-state index in [-0.39, 0.29) is 15.9 Å². The first-order valence-electron chi connectivity index (χ1n) is 16.4. The van der Waals surface area contributed by atoms with Crippen LogP contribution in [0, 0.1) is 6.92 Å². The number of sulfone groups is 1. The molecule has 0 saturated carbocycles. The number of aromatic nitrogens is 3. The lowest BCUT2D eigenvalue weighted by Crippen LogP contribution is -2.47. The van der Waals surface area contributed by atoms with Crippen molar-refractivity contribution >= 4 is 65.5 Å². The predicted molar refractivity (Wildman–Crippen MR) is 207 cm³/mol. The highest BCUT2D eigenvalue weighted by molar-refractivity contribution is 7.94. The lowest BCUT2D eigenvalue weighted by Gasteiger charge is -2.37. The molecule has 6 rings (SSSR count). The summed E-state index contributed by atoms with van der Waals surface area (Å²) < 4.78 is 57.9. The van der Waals surface area contributed by atoms with Gasteiger partial charge in [0, 0.05) is 74.1 Å². The molecule has 0 atom stereocenters. The summed E-state index contributed by atoms with van der Waals surface area (Å²) in [5, 5.41) is 6.02. The minimum atomic E-state index is -3.71. The molecule has 12 nitrogen and oxygen atoms in total. The maximum atomic E-state index is 12.9. The van der Waals surface area contributed by atoms with Gasteiger partial charge in [-0.15, -0.1) is 22.7 Å². The van der Waals surface area contributed by atoms with Gasteiger partial charge in [-0.2, -0.15) is 0 Å². The van der Waals surface area contributed by atoms with Gasteiger partial charge in [0.2, 0.25) is 5.95 Å². The first-order valence-corrected chi connectivity index (χ1v) is 21.6. The number of anilines is 4. The van der Waals surface area contributed by atoms with Crippen molar-refractivity contribution in [1.82, 2.24) is 19.9 Å². The maximum Gasteiger partial charge on any atom is 0.271 e. The second-order valence-corrected chi connectivity index (χ2v) is 18.8. The van der Waals surface area contributed by atoms with Gasteiger partial charge in [0.1, 0.15) is 19.8 Å². The number of sulfonamides is 1. The second kappa shape index (κ2) is 15.3. The molecule has 0 amide bonds. The van der Waals surface area contributed by atoms with Crippen molar-refractivity contribution in [2.24, 2.45) is 0 Å². The van der Waals surface area contributed by atoms with Crippen molar-refractivity contribution in [3.8, 4) is 27.6 Å². The molecule has 0 radical (unpaired) electrons. The first-order chi connectivity index (χ1) is 24.3. The fourth-order valence-electron chi connectivity index (χ4n) is 5.76. The summed E-state index contributed by atoms with van der Waals surface area (Å²) in [4.78, 5) is 19.7. The van der Waals surface area contributed by atoms with Gasteiger partial charge in [0.05, 0.1) is 39.8 Å². The van der Waals surface area contributed by atoms with E-state index in [1.54, 1.807) is 54.3 Å². The van der Waals surface area contributed by atoms with E-state index in [0.717, 1.165) is 69.9 Å². The molecule has 0 spiro atoms. The molecule has 16 heteroatoms. The Labute approximate surface area is 307 Å². The summed E-state index contributed by atoms with van der Waals surface area (Å²) in [6.07, 6.45) is 2.98. The molecule has 51 heavy (non-hydrogen) atoms. The third-order valence-corrected chi connectivity index (χ3v) is 13.5. The van der Waals surface area contributed by atoms with Crippen molar-refractivity contribution in [2.45, 2.75) is 30.9 Å². The molecule has 0 unspecified atom stereocenters. The molecular weight excluding hydrogens is 727 g/mol. The van der Waals surface area contributed by atoms with Crippen LogP contribution in [0.15, 0.2) is 70.4 Å². The van der Waals surface area contributed by atoms with Crippen molar-refractivity contribution in [2.75, 3.05) is 66.8 Å². The van der Waals surface area contributed by atoms with Gasteiger partial charge >= 0.3 is 0 Å². The minimum Gasteiger partial charge on any atom is -0.494 e. The second-order valence-electron chi connectivity index (χ2n) is 12.7. The highest BCUT2D eigenvalue weighted by Crippen LogP contribution is 2.40. The monoisotopic (exact) mass is 767 g/mol. The van der Waals surface area contributed by atoms with Gasteiger partial charge in [0.15, 0.2) is 0 Å². The summed E-state index contributed by atoms with van der Waals surface area (Å²) in [6.45, 7) is 9.90. The number of hydrogen-bond donors (Lipinski definition) is 2. The number of methoxy groups -OCH3 is 1. The van der Waals surface area contributed by atoms with Gasteiger partial charge in [-0.1, -0.05) is 32.0 Å². The number of hydrogen-bond acceptors (Lipinski definition) is 13. The Morgan fingerprint density at radius 1 is 0.980 bits per heavy atom. The molecule has 1 saturated heterocycles. The number of rotatable bonds is 13. The summed E-state index contributed by atoms with van der Waals surface area (Å²) >= 11 is 2.71. The van der Waals surface area contributed by atoms with Crippen LogP contribution in [0.25, 0.3) is 21.8 Å². The highest BCUT2D eigenvalue weighted by Gasteiger charge is 2.23. The summed E-state index contributed by atoms with van der Waals surface area (Å²) in [5.74, 6) is 1.37. The van der Waals surface area contributed by atoms with Gasteiger partial charge in [-0.3, -0.25) is 9.62 Å². The molecule has 270 valence electrons. The quantitative estimate of drug-likeness (QED) is 0.136. The van der Waals surface area contributed by atoms with E-state index >= 15 is 0 Å². The zero-order chi connectivity index (χ0) is 36.3. The third-order valence-electron chi connectivity index (χ3n) is 8.43. The van der Waals surface area contributed by atoms with E-state index in [2.05, 4.69) is 45.6 Å². The number of benzene rings is 2. The molecule has 0 aliphatic carbocycles. The van der Waals surface area contributed by atoms with Crippen LogP contribution < -0.4 is 19.7 Å². The van der Waals surface area contributed by atoms with Crippen molar-refractivity contribution < 1.29 is 21.6 Å². The average molecular weight is 768 g/mol. The summed E-state index contributed by atoms with van der Waals surface area (Å²) in [7, 11) is -5.08. The molecule has 0 bridgehead atoms. The Kier molecular flexibility index (Phi) is 11.0. The smallest absolute Gasteiger partial charge is 0.271 e. The van der Waals surface area contributed by atoms with Crippen LogP contribution in [0.2, 0.25) is 0 Å². The van der Waals surface area contributed by atoms with Crippen molar-refractivity contribution in [1.29, 1.82) is 0 Å². The lowest BCUT2D eigenvalue weighted by molar-refractivity contribution is 0.272. The largest absolute Gasteiger partial charge is 0.494 e. The Morgan fingerprint density at radius 2 is 1.76 bits per heavy atom. The Hall–Kier alpha value is -4.09. The average Bonchev–Trinajstić information content (AvgIpc) is 3.80. The SMILES string of the molecule is COc1cc(N2CCN(CCS(C)(=O)=O)CC2)c(C)cc1Nc1nccc(-c2sc(C(C)C)nc2-c2cccc(NS(=O)(=O)c3cccs3)c2)n1. The lowest BCUT2D eigenvalue weighted by atomic mass is 10.1. The minimum absolute atomic E-state index is 0.167. The Bertz CT molecular complexity index is 2210.